The number of nitrogens with zero attached hydrogens (tertiary/aromatic N) is 1. The number of piperidine rings is 1. The SMILES string of the molecule is CN1CCCC(NC(=O)c2cccc(-c3cc4ccccc4oc3=O)c2)C1. The first-order valence-corrected chi connectivity index (χ1v) is 9.23. The van der Waals surface area contributed by atoms with Crippen LogP contribution in [0.2, 0.25) is 0 Å². The predicted octanol–water partition coefficient (Wildman–Crippen LogP) is 3.28. The summed E-state index contributed by atoms with van der Waals surface area (Å²) in [7, 11) is 2.07. The molecule has 0 saturated carbocycles. The summed E-state index contributed by atoms with van der Waals surface area (Å²) in [6.45, 7) is 1.93. The smallest absolute Gasteiger partial charge is 0.344 e. The average molecular weight is 362 g/mol. The molecular weight excluding hydrogens is 340 g/mol. The van der Waals surface area contributed by atoms with Gasteiger partial charge in [0.15, 0.2) is 0 Å². The molecule has 138 valence electrons. The van der Waals surface area contributed by atoms with Crippen molar-refractivity contribution in [1.82, 2.24) is 10.2 Å². The fourth-order valence-corrected chi connectivity index (χ4v) is 3.64. The molecule has 0 aliphatic carbocycles. The topological polar surface area (TPSA) is 62.6 Å². The number of likely N-dealkylation sites (N-methyl/N-ethyl adjacent to an activating group) is 1. The number of carbonyl (C=O) groups excluding carboxylic acids is 1. The summed E-state index contributed by atoms with van der Waals surface area (Å²) in [5.74, 6) is -0.109. The van der Waals surface area contributed by atoms with E-state index < -0.39 is 5.63 Å². The highest BCUT2D eigenvalue weighted by atomic mass is 16.4. The number of hydrogen-bond donors (Lipinski definition) is 1. The van der Waals surface area contributed by atoms with E-state index in [1.165, 1.54) is 0 Å². The van der Waals surface area contributed by atoms with Gasteiger partial charge in [0.2, 0.25) is 0 Å². The second kappa shape index (κ2) is 7.37. The number of hydrogen-bond acceptors (Lipinski definition) is 4. The van der Waals surface area contributed by atoms with Crippen LogP contribution in [0.15, 0.2) is 63.8 Å². The lowest BCUT2D eigenvalue weighted by molar-refractivity contribution is 0.0912. The number of amides is 1. The molecule has 1 aromatic heterocycles. The Hall–Kier alpha value is -2.92. The third kappa shape index (κ3) is 3.78. The fourth-order valence-electron chi connectivity index (χ4n) is 3.64. The van der Waals surface area contributed by atoms with E-state index in [0.717, 1.165) is 31.3 Å². The first-order chi connectivity index (χ1) is 13.1. The van der Waals surface area contributed by atoms with Crippen molar-refractivity contribution in [3.05, 3.63) is 70.6 Å². The van der Waals surface area contributed by atoms with Gasteiger partial charge in [-0.05, 0) is 56.3 Å². The first kappa shape index (κ1) is 17.5. The van der Waals surface area contributed by atoms with E-state index in [1.54, 1.807) is 24.3 Å². The van der Waals surface area contributed by atoms with E-state index in [-0.39, 0.29) is 11.9 Å². The third-order valence-electron chi connectivity index (χ3n) is 5.04. The van der Waals surface area contributed by atoms with Gasteiger partial charge < -0.3 is 14.6 Å². The van der Waals surface area contributed by atoms with E-state index in [2.05, 4.69) is 17.3 Å². The molecule has 3 aromatic rings. The Kier molecular flexibility index (Phi) is 4.77. The van der Waals surface area contributed by atoms with Gasteiger partial charge in [-0.25, -0.2) is 4.79 Å². The van der Waals surface area contributed by atoms with Gasteiger partial charge >= 0.3 is 5.63 Å². The molecule has 1 aliphatic rings. The van der Waals surface area contributed by atoms with Crippen LogP contribution in [0.1, 0.15) is 23.2 Å². The summed E-state index contributed by atoms with van der Waals surface area (Å²) in [6.07, 6.45) is 2.07. The second-order valence-corrected chi connectivity index (χ2v) is 7.14. The van der Waals surface area contributed by atoms with Gasteiger partial charge in [-0.2, -0.15) is 0 Å². The molecule has 1 unspecified atom stereocenters. The Labute approximate surface area is 157 Å². The fraction of sp³-hybridized carbons (Fsp3) is 0.273. The van der Waals surface area contributed by atoms with Crippen molar-refractivity contribution < 1.29 is 9.21 Å². The molecule has 0 spiro atoms. The van der Waals surface area contributed by atoms with Crippen LogP contribution >= 0.6 is 0 Å². The third-order valence-corrected chi connectivity index (χ3v) is 5.04. The highest BCUT2D eigenvalue weighted by molar-refractivity contribution is 5.96. The molecule has 5 nitrogen and oxygen atoms in total. The maximum Gasteiger partial charge on any atom is 0.344 e. The van der Waals surface area contributed by atoms with E-state index in [1.807, 2.05) is 30.3 Å². The molecule has 1 N–H and O–H groups in total. The maximum absolute atomic E-state index is 12.7. The van der Waals surface area contributed by atoms with Crippen LogP contribution < -0.4 is 10.9 Å². The number of para-hydroxylation sites is 1. The number of likely N-dealkylation sites (tertiary alicyclic amines) is 1. The Bertz CT molecular complexity index is 1040. The van der Waals surface area contributed by atoms with E-state index in [4.69, 9.17) is 4.42 Å². The lowest BCUT2D eigenvalue weighted by atomic mass is 10.0. The molecule has 0 radical (unpaired) electrons. The van der Waals surface area contributed by atoms with E-state index >= 15 is 0 Å². The summed E-state index contributed by atoms with van der Waals surface area (Å²) in [4.78, 5) is 27.3. The minimum atomic E-state index is -0.403. The Morgan fingerprint density at radius 2 is 2.00 bits per heavy atom. The second-order valence-electron chi connectivity index (χ2n) is 7.14. The van der Waals surface area contributed by atoms with Crippen LogP contribution in [0, 0.1) is 0 Å². The Morgan fingerprint density at radius 3 is 2.85 bits per heavy atom. The zero-order valence-corrected chi connectivity index (χ0v) is 15.3. The number of carbonyl (C=O) groups is 1. The molecule has 1 saturated heterocycles. The van der Waals surface area contributed by atoms with Gasteiger partial charge in [0.05, 0.1) is 5.56 Å². The van der Waals surface area contributed by atoms with Crippen LogP contribution in [-0.4, -0.2) is 37.0 Å². The molecular formula is C22H22N2O3. The first-order valence-electron chi connectivity index (χ1n) is 9.23. The summed E-state index contributed by atoms with van der Waals surface area (Å²) < 4.78 is 5.42. The molecule has 5 heteroatoms. The van der Waals surface area contributed by atoms with Crippen molar-refractivity contribution in [3.63, 3.8) is 0 Å². The minimum absolute atomic E-state index is 0.109. The molecule has 0 bridgehead atoms. The largest absolute Gasteiger partial charge is 0.422 e. The lowest BCUT2D eigenvalue weighted by Gasteiger charge is -2.30. The zero-order chi connectivity index (χ0) is 18.8. The van der Waals surface area contributed by atoms with Gasteiger partial charge in [0.1, 0.15) is 5.58 Å². The van der Waals surface area contributed by atoms with E-state index in [9.17, 15) is 9.59 Å². The number of fused-ring (bicyclic) bond motifs is 1. The summed E-state index contributed by atoms with van der Waals surface area (Å²) >= 11 is 0. The molecule has 1 amide bonds. The highest BCUT2D eigenvalue weighted by Gasteiger charge is 2.20. The normalized spacial score (nSPS) is 17.7. The molecule has 1 atom stereocenters. The average Bonchev–Trinajstić information content (AvgIpc) is 2.67. The molecule has 2 aromatic carbocycles. The summed E-state index contributed by atoms with van der Waals surface area (Å²) in [5, 5.41) is 3.96. The van der Waals surface area contributed by atoms with Crippen LogP contribution in [0.5, 0.6) is 0 Å². The number of nitrogens with one attached hydrogen (secondary N) is 1. The maximum atomic E-state index is 12.7. The van der Waals surface area contributed by atoms with Crippen molar-refractivity contribution in [3.8, 4) is 11.1 Å². The minimum Gasteiger partial charge on any atom is -0.422 e. The van der Waals surface area contributed by atoms with Crippen molar-refractivity contribution in [2.75, 3.05) is 20.1 Å². The molecule has 1 aliphatic heterocycles. The van der Waals surface area contributed by atoms with Crippen molar-refractivity contribution in [1.29, 1.82) is 0 Å². The van der Waals surface area contributed by atoms with Gasteiger partial charge in [0.25, 0.3) is 5.91 Å². The summed E-state index contributed by atoms with van der Waals surface area (Å²) in [6, 6.07) is 16.5. The standard InChI is InChI=1S/C22H22N2O3/c1-24-11-5-9-18(14-24)23-21(25)17-8-4-7-15(12-17)19-13-16-6-2-3-10-20(16)27-22(19)26/h2-4,6-8,10,12-13,18H,5,9,11,14H2,1H3,(H,23,25). The molecule has 4 rings (SSSR count). The zero-order valence-electron chi connectivity index (χ0n) is 15.3. The Morgan fingerprint density at radius 1 is 1.15 bits per heavy atom. The highest BCUT2D eigenvalue weighted by Crippen LogP contribution is 2.22. The van der Waals surface area contributed by atoms with Gasteiger partial charge in [0, 0.05) is 23.5 Å². The van der Waals surface area contributed by atoms with Crippen LogP contribution in [0.3, 0.4) is 0 Å². The van der Waals surface area contributed by atoms with Crippen molar-refractivity contribution in [2.45, 2.75) is 18.9 Å². The quantitative estimate of drug-likeness (QED) is 0.727. The molecule has 27 heavy (non-hydrogen) atoms. The van der Waals surface area contributed by atoms with Gasteiger partial charge in [-0.3, -0.25) is 4.79 Å². The predicted molar refractivity (Wildman–Crippen MR) is 106 cm³/mol. The molecule has 2 heterocycles. The van der Waals surface area contributed by atoms with Crippen molar-refractivity contribution >= 4 is 16.9 Å². The molecule has 1 fully saturated rings. The lowest BCUT2D eigenvalue weighted by Crippen LogP contribution is -2.46. The van der Waals surface area contributed by atoms with Crippen LogP contribution in [0.25, 0.3) is 22.1 Å². The van der Waals surface area contributed by atoms with Gasteiger partial charge in [-0.15, -0.1) is 0 Å². The Balaban J connectivity index is 1.62. The number of benzene rings is 2. The van der Waals surface area contributed by atoms with Crippen molar-refractivity contribution in [2.24, 2.45) is 0 Å². The number of rotatable bonds is 3. The van der Waals surface area contributed by atoms with E-state index in [0.29, 0.717) is 22.3 Å². The monoisotopic (exact) mass is 362 g/mol. The van der Waals surface area contributed by atoms with Gasteiger partial charge in [-0.1, -0.05) is 30.3 Å². The van der Waals surface area contributed by atoms with Crippen LogP contribution in [0.4, 0.5) is 0 Å². The summed E-state index contributed by atoms with van der Waals surface area (Å²) in [5.41, 5.74) is 1.85. The van der Waals surface area contributed by atoms with Crippen LogP contribution in [-0.2, 0) is 0 Å².